The van der Waals surface area contributed by atoms with Gasteiger partial charge in [-0.1, -0.05) is 23.7 Å². The Morgan fingerprint density at radius 3 is 2.37 bits per heavy atom. The number of aromatic nitrogens is 2. The number of thioether (sulfide) groups is 1. The van der Waals surface area contributed by atoms with Gasteiger partial charge in [-0.25, -0.2) is 0 Å². The van der Waals surface area contributed by atoms with E-state index >= 15 is 0 Å². The van der Waals surface area contributed by atoms with Gasteiger partial charge in [0.2, 0.25) is 5.89 Å². The zero-order valence-corrected chi connectivity index (χ0v) is 16.1. The Kier molecular flexibility index (Phi) is 5.83. The molecule has 0 saturated heterocycles. The summed E-state index contributed by atoms with van der Waals surface area (Å²) in [6.07, 6.45) is 1.51. The molecule has 1 aromatic heterocycles. The van der Waals surface area contributed by atoms with Crippen molar-refractivity contribution in [3.8, 4) is 11.5 Å². The predicted molar refractivity (Wildman–Crippen MR) is 104 cm³/mol. The van der Waals surface area contributed by atoms with Crippen molar-refractivity contribution in [2.45, 2.75) is 5.22 Å². The van der Waals surface area contributed by atoms with Gasteiger partial charge in [-0.3, -0.25) is 0 Å². The summed E-state index contributed by atoms with van der Waals surface area (Å²) < 4.78 is 5.54. The van der Waals surface area contributed by atoms with E-state index in [0.29, 0.717) is 10.6 Å². The number of hydrogen-bond acceptors (Lipinski definition) is 7. The second kappa shape index (κ2) is 8.28. The monoisotopic (exact) mass is 400 g/mol. The highest BCUT2D eigenvalue weighted by atomic mass is 35.5. The molecule has 8 heteroatoms. The lowest BCUT2D eigenvalue weighted by Gasteiger charge is -2.12. The molecule has 0 aliphatic heterocycles. The number of nitrogens with zero attached hydrogens (tertiary/aromatic N) is 3. The van der Waals surface area contributed by atoms with E-state index in [1.807, 2.05) is 43.3 Å². The van der Waals surface area contributed by atoms with Crippen LogP contribution in [0.3, 0.4) is 0 Å². The fourth-order valence-electron chi connectivity index (χ4n) is 2.20. The van der Waals surface area contributed by atoms with Crippen LogP contribution in [0.2, 0.25) is 5.02 Å². The van der Waals surface area contributed by atoms with Crippen LogP contribution in [0, 0.1) is 0 Å². The van der Waals surface area contributed by atoms with Crippen molar-refractivity contribution in [3.63, 3.8) is 0 Å². The molecule has 0 aliphatic carbocycles. The summed E-state index contributed by atoms with van der Waals surface area (Å²) in [5, 5.41) is 20.0. The average Bonchev–Trinajstić information content (AvgIpc) is 3.10. The maximum Gasteiger partial charge on any atom is 0.281 e. The van der Waals surface area contributed by atoms with Crippen LogP contribution in [0.4, 0.5) is 5.69 Å². The second-order valence-corrected chi connectivity index (χ2v) is 7.19. The fraction of sp³-hybridized carbons (Fsp3) is 0.105. The number of aliphatic carboxylic acids is 1. The highest BCUT2D eigenvalue weighted by Crippen LogP contribution is 2.30. The van der Waals surface area contributed by atoms with Crippen LogP contribution in [-0.4, -0.2) is 30.3 Å². The van der Waals surface area contributed by atoms with E-state index in [9.17, 15) is 9.90 Å². The summed E-state index contributed by atoms with van der Waals surface area (Å²) in [4.78, 5) is 13.4. The van der Waals surface area contributed by atoms with Gasteiger partial charge < -0.3 is 19.2 Å². The van der Waals surface area contributed by atoms with Crippen LogP contribution < -0.4 is 10.0 Å². The zero-order valence-electron chi connectivity index (χ0n) is 14.5. The molecule has 2 aromatic carbocycles. The van der Waals surface area contributed by atoms with Crippen molar-refractivity contribution in [3.05, 3.63) is 64.0 Å². The first-order valence-electron chi connectivity index (χ1n) is 7.90. The van der Waals surface area contributed by atoms with Gasteiger partial charge in [0.1, 0.15) is 0 Å². The lowest BCUT2D eigenvalue weighted by atomic mass is 10.2. The van der Waals surface area contributed by atoms with Crippen molar-refractivity contribution < 1.29 is 14.3 Å². The molecule has 0 saturated carbocycles. The molecule has 0 radical (unpaired) electrons. The number of rotatable bonds is 6. The highest BCUT2D eigenvalue weighted by Gasteiger charge is 2.12. The smallest absolute Gasteiger partial charge is 0.281 e. The highest BCUT2D eigenvalue weighted by molar-refractivity contribution is 8.03. The quantitative estimate of drug-likeness (QED) is 0.463. The first-order valence-corrected chi connectivity index (χ1v) is 9.09. The average molecular weight is 401 g/mol. The van der Waals surface area contributed by atoms with E-state index in [1.54, 1.807) is 24.3 Å². The normalized spacial score (nSPS) is 11.4. The molecular formula is C19H15ClN3O3S-. The van der Waals surface area contributed by atoms with Crippen LogP contribution >= 0.6 is 23.4 Å². The number of hydrogen-bond donors (Lipinski definition) is 0. The number of anilines is 1. The van der Waals surface area contributed by atoms with E-state index < -0.39 is 5.97 Å². The van der Waals surface area contributed by atoms with Gasteiger partial charge in [0.25, 0.3) is 5.22 Å². The van der Waals surface area contributed by atoms with E-state index in [2.05, 4.69) is 10.2 Å². The van der Waals surface area contributed by atoms with Crippen molar-refractivity contribution in [1.82, 2.24) is 10.2 Å². The van der Waals surface area contributed by atoms with Crippen LogP contribution in [0.15, 0.2) is 63.1 Å². The molecule has 0 bridgehead atoms. The van der Waals surface area contributed by atoms with Gasteiger partial charge in [0.15, 0.2) is 0 Å². The molecule has 0 aliphatic rings. The second-order valence-electron chi connectivity index (χ2n) is 5.76. The largest absolute Gasteiger partial charge is 0.544 e. The topological polar surface area (TPSA) is 82.3 Å². The van der Waals surface area contributed by atoms with E-state index in [1.165, 1.54) is 6.08 Å². The number of carboxylic acids is 1. The molecule has 6 nitrogen and oxygen atoms in total. The molecule has 1 heterocycles. The van der Waals surface area contributed by atoms with E-state index in [-0.39, 0.29) is 16.0 Å². The minimum Gasteiger partial charge on any atom is -0.544 e. The molecule has 0 unspecified atom stereocenters. The molecule has 0 fully saturated rings. The first kappa shape index (κ1) is 19.0. The van der Waals surface area contributed by atoms with Crippen molar-refractivity contribution in [2.24, 2.45) is 0 Å². The maximum atomic E-state index is 11.5. The Bertz CT molecular complexity index is 967. The molecule has 138 valence electrons. The van der Waals surface area contributed by atoms with E-state index in [4.69, 9.17) is 16.0 Å². The third kappa shape index (κ3) is 4.90. The lowest BCUT2D eigenvalue weighted by Crippen LogP contribution is -2.23. The van der Waals surface area contributed by atoms with Gasteiger partial charge >= 0.3 is 0 Å². The van der Waals surface area contributed by atoms with Crippen molar-refractivity contribution in [2.75, 3.05) is 19.0 Å². The number of carboxylic acid groups (broad SMARTS) is 1. The number of carbonyl (C=O) groups is 1. The molecule has 0 atom stereocenters. The molecule has 0 N–H and O–H groups in total. The summed E-state index contributed by atoms with van der Waals surface area (Å²) in [6, 6.07) is 14.3. The maximum absolute atomic E-state index is 11.5. The number of halogens is 1. The molecule has 27 heavy (non-hydrogen) atoms. The van der Waals surface area contributed by atoms with E-state index in [0.717, 1.165) is 23.0 Å². The molecular weight excluding hydrogens is 386 g/mol. The van der Waals surface area contributed by atoms with Crippen molar-refractivity contribution in [1.29, 1.82) is 0 Å². The summed E-state index contributed by atoms with van der Waals surface area (Å²) in [6.45, 7) is 0. The van der Waals surface area contributed by atoms with Crippen LogP contribution in [0.1, 0.15) is 5.56 Å². The number of carbonyl (C=O) groups excluding carboxylic acids is 1. The Morgan fingerprint density at radius 1 is 1.11 bits per heavy atom. The van der Waals surface area contributed by atoms with Gasteiger partial charge in [-0.15, -0.1) is 10.2 Å². The Hall–Kier alpha value is -2.77. The zero-order chi connectivity index (χ0) is 19.4. The molecule has 3 rings (SSSR count). The van der Waals surface area contributed by atoms with Crippen LogP contribution in [0.25, 0.3) is 17.5 Å². The molecule has 0 spiro atoms. The minimum atomic E-state index is -1.32. The van der Waals surface area contributed by atoms with Crippen molar-refractivity contribution >= 4 is 41.1 Å². The lowest BCUT2D eigenvalue weighted by molar-refractivity contribution is -0.298. The molecule has 0 amide bonds. The third-order valence-electron chi connectivity index (χ3n) is 3.60. The fourth-order valence-corrected chi connectivity index (χ4v) is 3.00. The van der Waals surface area contributed by atoms with Gasteiger partial charge in [-0.2, -0.15) is 0 Å². The summed E-state index contributed by atoms with van der Waals surface area (Å²) in [5.74, 6) is -1.04. The predicted octanol–water partition coefficient (Wildman–Crippen LogP) is 3.34. The summed E-state index contributed by atoms with van der Waals surface area (Å²) in [5.41, 5.74) is 2.43. The van der Waals surface area contributed by atoms with Crippen LogP contribution in [0.5, 0.6) is 0 Å². The Morgan fingerprint density at radius 2 is 1.78 bits per heavy atom. The van der Waals surface area contributed by atoms with Gasteiger partial charge in [0.05, 0.1) is 5.97 Å². The summed E-state index contributed by atoms with van der Waals surface area (Å²) >= 11 is 6.70. The first-order chi connectivity index (χ1) is 12.9. The minimum absolute atomic E-state index is 0.0288. The standard InChI is InChI=1S/C19H16ClN3O3S/c1-23(2)15-9-3-12(4-10-15)11-16(18(24)25)27-19-22-21-17(26-19)13-5-7-14(20)8-6-13/h3-11H,1-2H3,(H,24,25)/p-1/b16-11-. The third-order valence-corrected chi connectivity index (χ3v) is 4.70. The SMILES string of the molecule is CN(C)c1ccc(/C=C(\Sc2nnc(-c3ccc(Cl)cc3)o2)C(=O)[O-])cc1. The Labute approximate surface area is 165 Å². The van der Waals surface area contributed by atoms with Crippen LogP contribution in [-0.2, 0) is 4.79 Å². The number of benzene rings is 2. The Balaban J connectivity index is 1.80. The van der Waals surface area contributed by atoms with Gasteiger partial charge in [0, 0.05) is 35.3 Å². The molecule has 3 aromatic rings. The van der Waals surface area contributed by atoms with Gasteiger partial charge in [-0.05, 0) is 59.8 Å². The summed E-state index contributed by atoms with van der Waals surface area (Å²) in [7, 11) is 3.86.